The maximum absolute atomic E-state index is 11.7. The molecular weight excluding hydrogens is 204 g/mol. The minimum atomic E-state index is -0.500. The zero-order valence-electron chi connectivity index (χ0n) is 9.68. The normalized spacial score (nSPS) is 12.2. The summed E-state index contributed by atoms with van der Waals surface area (Å²) in [5.74, 6) is -0.00864. The first-order valence-electron chi connectivity index (χ1n) is 5.25. The molecule has 1 aromatic rings. The van der Waals surface area contributed by atoms with Crippen molar-refractivity contribution in [2.75, 3.05) is 19.3 Å². The summed E-state index contributed by atoms with van der Waals surface area (Å²) in [6.07, 6.45) is -0.163. The Kier molecular flexibility index (Phi) is 4.31. The van der Waals surface area contributed by atoms with Crippen molar-refractivity contribution in [1.29, 1.82) is 0 Å². The Hall–Kier alpha value is -1.55. The third kappa shape index (κ3) is 3.90. The zero-order valence-corrected chi connectivity index (χ0v) is 9.68. The molecule has 0 bridgehead atoms. The van der Waals surface area contributed by atoms with Crippen molar-refractivity contribution in [3.63, 3.8) is 0 Å². The molecule has 0 fully saturated rings. The number of anilines is 1. The van der Waals surface area contributed by atoms with E-state index in [4.69, 9.17) is 10.8 Å². The highest BCUT2D eigenvalue weighted by molar-refractivity contribution is 5.78. The molecule has 1 unspecified atom stereocenters. The molecule has 0 spiro atoms. The summed E-state index contributed by atoms with van der Waals surface area (Å²) in [6, 6.07) is 7.22. The number of carbonyl (C=O) groups excluding carboxylic acids is 1. The summed E-state index contributed by atoms with van der Waals surface area (Å²) in [7, 11) is 1.69. The number of amides is 1. The van der Waals surface area contributed by atoms with Gasteiger partial charge in [0.25, 0.3) is 0 Å². The maximum Gasteiger partial charge on any atom is 0.226 e. The average molecular weight is 222 g/mol. The largest absolute Gasteiger partial charge is 0.399 e. The van der Waals surface area contributed by atoms with Crippen LogP contribution in [0.5, 0.6) is 0 Å². The van der Waals surface area contributed by atoms with Gasteiger partial charge >= 0.3 is 0 Å². The molecular formula is C12H18N2O2. The van der Waals surface area contributed by atoms with Crippen LogP contribution in [0.15, 0.2) is 24.3 Å². The highest BCUT2D eigenvalue weighted by Crippen LogP contribution is 2.07. The van der Waals surface area contributed by atoms with Crippen LogP contribution in [-0.2, 0) is 11.2 Å². The van der Waals surface area contributed by atoms with Gasteiger partial charge < -0.3 is 15.7 Å². The Bertz CT molecular complexity index is 347. The number of aliphatic hydroxyl groups is 1. The van der Waals surface area contributed by atoms with E-state index in [1.807, 2.05) is 12.1 Å². The fourth-order valence-corrected chi connectivity index (χ4v) is 1.44. The van der Waals surface area contributed by atoms with Crippen LogP contribution in [0.1, 0.15) is 12.5 Å². The standard InChI is InChI=1S/C12H18N2O2/c1-9(15)8-14(2)12(16)7-10-3-5-11(13)6-4-10/h3-6,9,15H,7-8,13H2,1-2H3. The number of aliphatic hydroxyl groups excluding tert-OH is 1. The van der Waals surface area contributed by atoms with Crippen LogP contribution in [0.3, 0.4) is 0 Å². The van der Waals surface area contributed by atoms with Gasteiger partial charge in [-0.1, -0.05) is 12.1 Å². The smallest absolute Gasteiger partial charge is 0.226 e. The van der Waals surface area contributed by atoms with Gasteiger partial charge in [-0.15, -0.1) is 0 Å². The molecule has 0 heterocycles. The minimum Gasteiger partial charge on any atom is -0.399 e. The third-order valence-electron chi connectivity index (χ3n) is 2.30. The fourth-order valence-electron chi connectivity index (χ4n) is 1.44. The minimum absolute atomic E-state index is 0.00864. The fraction of sp³-hybridized carbons (Fsp3) is 0.417. The molecule has 1 amide bonds. The van der Waals surface area contributed by atoms with Crippen LogP contribution < -0.4 is 5.73 Å². The van der Waals surface area contributed by atoms with Crippen molar-refractivity contribution >= 4 is 11.6 Å². The van der Waals surface area contributed by atoms with E-state index in [1.165, 1.54) is 4.90 Å². The first-order chi connectivity index (χ1) is 7.49. The SMILES string of the molecule is CC(O)CN(C)C(=O)Cc1ccc(N)cc1. The van der Waals surface area contributed by atoms with Crippen molar-refractivity contribution in [1.82, 2.24) is 4.90 Å². The van der Waals surface area contributed by atoms with Gasteiger partial charge in [0.1, 0.15) is 0 Å². The predicted octanol–water partition coefficient (Wildman–Crippen LogP) is 0.650. The second-order valence-electron chi connectivity index (χ2n) is 4.04. The molecule has 1 aromatic carbocycles. The van der Waals surface area contributed by atoms with E-state index in [2.05, 4.69) is 0 Å². The Labute approximate surface area is 95.7 Å². The van der Waals surface area contributed by atoms with Crippen molar-refractivity contribution < 1.29 is 9.90 Å². The Balaban J connectivity index is 2.54. The zero-order chi connectivity index (χ0) is 12.1. The molecule has 88 valence electrons. The maximum atomic E-state index is 11.7. The van der Waals surface area contributed by atoms with E-state index in [1.54, 1.807) is 26.1 Å². The van der Waals surface area contributed by atoms with E-state index in [0.29, 0.717) is 18.7 Å². The van der Waals surface area contributed by atoms with Crippen LogP contribution >= 0.6 is 0 Å². The second-order valence-corrected chi connectivity index (χ2v) is 4.04. The van der Waals surface area contributed by atoms with E-state index in [-0.39, 0.29) is 5.91 Å². The lowest BCUT2D eigenvalue weighted by molar-refractivity contribution is -0.130. The molecule has 0 saturated carbocycles. The highest BCUT2D eigenvalue weighted by Gasteiger charge is 2.11. The molecule has 0 aliphatic rings. The summed E-state index contributed by atoms with van der Waals surface area (Å²) in [5.41, 5.74) is 7.17. The first-order valence-corrected chi connectivity index (χ1v) is 5.25. The van der Waals surface area contributed by atoms with Gasteiger partial charge in [-0.05, 0) is 24.6 Å². The van der Waals surface area contributed by atoms with Gasteiger partial charge in [0.05, 0.1) is 12.5 Å². The third-order valence-corrected chi connectivity index (χ3v) is 2.30. The molecule has 0 radical (unpaired) electrons. The molecule has 0 aliphatic carbocycles. The van der Waals surface area contributed by atoms with Crippen molar-refractivity contribution in [3.05, 3.63) is 29.8 Å². The number of likely N-dealkylation sites (N-methyl/N-ethyl adjacent to an activating group) is 1. The topological polar surface area (TPSA) is 66.6 Å². The molecule has 1 atom stereocenters. The lowest BCUT2D eigenvalue weighted by Gasteiger charge is -2.18. The van der Waals surface area contributed by atoms with Gasteiger partial charge in [0, 0.05) is 19.3 Å². The number of rotatable bonds is 4. The second kappa shape index (κ2) is 5.51. The summed E-state index contributed by atoms with van der Waals surface area (Å²) < 4.78 is 0. The van der Waals surface area contributed by atoms with Gasteiger partial charge in [-0.2, -0.15) is 0 Å². The van der Waals surface area contributed by atoms with Gasteiger partial charge in [0.15, 0.2) is 0 Å². The molecule has 1 rings (SSSR count). The Morgan fingerprint density at radius 3 is 2.50 bits per heavy atom. The number of nitrogen functional groups attached to an aromatic ring is 1. The van der Waals surface area contributed by atoms with Gasteiger partial charge in [-0.25, -0.2) is 0 Å². The Morgan fingerprint density at radius 1 is 1.44 bits per heavy atom. The van der Waals surface area contributed by atoms with Crippen LogP contribution in [0, 0.1) is 0 Å². The number of benzene rings is 1. The Morgan fingerprint density at radius 2 is 2.00 bits per heavy atom. The first kappa shape index (κ1) is 12.5. The summed E-state index contributed by atoms with van der Waals surface area (Å²) in [6.45, 7) is 2.01. The number of hydrogen-bond acceptors (Lipinski definition) is 3. The van der Waals surface area contributed by atoms with Gasteiger partial charge in [-0.3, -0.25) is 4.79 Å². The number of carbonyl (C=O) groups is 1. The molecule has 4 heteroatoms. The highest BCUT2D eigenvalue weighted by atomic mass is 16.3. The number of hydrogen-bond donors (Lipinski definition) is 2. The number of nitrogens with two attached hydrogens (primary N) is 1. The van der Waals surface area contributed by atoms with Crippen molar-refractivity contribution in [2.24, 2.45) is 0 Å². The molecule has 16 heavy (non-hydrogen) atoms. The van der Waals surface area contributed by atoms with Gasteiger partial charge in [0.2, 0.25) is 5.91 Å². The van der Waals surface area contributed by atoms with Crippen molar-refractivity contribution in [3.8, 4) is 0 Å². The summed E-state index contributed by atoms with van der Waals surface area (Å²) in [4.78, 5) is 13.2. The quantitative estimate of drug-likeness (QED) is 0.735. The average Bonchev–Trinajstić information content (AvgIpc) is 2.20. The van der Waals surface area contributed by atoms with Crippen molar-refractivity contribution in [2.45, 2.75) is 19.4 Å². The van der Waals surface area contributed by atoms with Crippen LogP contribution in [0.4, 0.5) is 5.69 Å². The van der Waals surface area contributed by atoms with Crippen LogP contribution in [0.2, 0.25) is 0 Å². The molecule has 3 N–H and O–H groups in total. The van der Waals surface area contributed by atoms with E-state index in [9.17, 15) is 4.79 Å². The molecule has 0 aliphatic heterocycles. The molecule has 0 saturated heterocycles. The lowest BCUT2D eigenvalue weighted by Crippen LogP contribution is -2.34. The number of nitrogens with zero attached hydrogens (tertiary/aromatic N) is 1. The monoisotopic (exact) mass is 222 g/mol. The van der Waals surface area contributed by atoms with Crippen LogP contribution in [0.25, 0.3) is 0 Å². The molecule has 0 aromatic heterocycles. The molecule has 4 nitrogen and oxygen atoms in total. The predicted molar refractivity (Wildman–Crippen MR) is 63.9 cm³/mol. The summed E-state index contributed by atoms with van der Waals surface area (Å²) in [5, 5.41) is 9.16. The van der Waals surface area contributed by atoms with E-state index < -0.39 is 6.10 Å². The lowest BCUT2D eigenvalue weighted by atomic mass is 10.1. The summed E-state index contributed by atoms with van der Waals surface area (Å²) >= 11 is 0. The van der Waals surface area contributed by atoms with E-state index in [0.717, 1.165) is 5.56 Å². The van der Waals surface area contributed by atoms with E-state index >= 15 is 0 Å². The van der Waals surface area contributed by atoms with Crippen LogP contribution in [-0.4, -0.2) is 35.6 Å².